The Hall–Kier alpha value is -5.94. The number of rotatable bonds is 4. The van der Waals surface area contributed by atoms with E-state index in [0.29, 0.717) is 0 Å². The predicted molar refractivity (Wildman–Crippen MR) is 178 cm³/mol. The third kappa shape index (κ3) is 3.94. The van der Waals surface area contributed by atoms with Crippen molar-refractivity contribution in [2.24, 2.45) is 9.98 Å². The number of furan rings is 2. The van der Waals surface area contributed by atoms with E-state index in [4.69, 9.17) is 18.8 Å². The van der Waals surface area contributed by atoms with Gasteiger partial charge in [0.15, 0.2) is 6.17 Å². The van der Waals surface area contributed by atoms with Crippen LogP contribution in [0.3, 0.4) is 0 Å². The molecule has 2 aromatic heterocycles. The molecule has 5 heteroatoms. The molecule has 0 aliphatic carbocycles. The van der Waals surface area contributed by atoms with Gasteiger partial charge in [0.05, 0.1) is 0 Å². The first-order valence-corrected chi connectivity index (χ1v) is 14.7. The molecule has 1 unspecified atom stereocenters. The van der Waals surface area contributed by atoms with Gasteiger partial charge in [0, 0.05) is 38.2 Å². The SMILES string of the molecule is c1ccc(C2=NC(c3ccc4oc5ccccc5c4c3)N=C(c3cccc4oc5c(-c6ccccc6)cccc5c34)N2)cc1. The molecule has 1 atom stereocenters. The first-order valence-electron chi connectivity index (χ1n) is 14.7. The van der Waals surface area contributed by atoms with Crippen molar-refractivity contribution >= 4 is 55.5 Å². The molecule has 0 spiro atoms. The molecule has 8 aromatic rings. The van der Waals surface area contributed by atoms with Gasteiger partial charge in [-0.05, 0) is 35.4 Å². The number of hydrogen-bond acceptors (Lipinski definition) is 5. The molecule has 0 amide bonds. The Morgan fingerprint density at radius 1 is 0.477 bits per heavy atom. The summed E-state index contributed by atoms with van der Waals surface area (Å²) in [5, 5.41) is 7.79. The van der Waals surface area contributed by atoms with Gasteiger partial charge >= 0.3 is 0 Å². The zero-order valence-electron chi connectivity index (χ0n) is 23.6. The van der Waals surface area contributed by atoms with E-state index < -0.39 is 6.17 Å². The molecular formula is C39H25N3O2. The van der Waals surface area contributed by atoms with Crippen molar-refractivity contribution < 1.29 is 8.83 Å². The van der Waals surface area contributed by atoms with E-state index in [1.54, 1.807) is 0 Å². The summed E-state index contributed by atoms with van der Waals surface area (Å²) in [4.78, 5) is 10.3. The van der Waals surface area contributed by atoms with E-state index >= 15 is 0 Å². The third-order valence-electron chi connectivity index (χ3n) is 8.35. The van der Waals surface area contributed by atoms with Crippen LogP contribution in [0.4, 0.5) is 0 Å². The third-order valence-corrected chi connectivity index (χ3v) is 8.35. The summed E-state index contributed by atoms with van der Waals surface area (Å²) in [6.07, 6.45) is -0.451. The molecule has 1 aliphatic heterocycles. The minimum Gasteiger partial charge on any atom is -0.456 e. The van der Waals surface area contributed by atoms with Crippen molar-refractivity contribution in [2.45, 2.75) is 6.17 Å². The molecular weight excluding hydrogens is 542 g/mol. The lowest BCUT2D eigenvalue weighted by molar-refractivity contribution is 0.668. The van der Waals surface area contributed by atoms with E-state index in [-0.39, 0.29) is 0 Å². The molecule has 1 N–H and O–H groups in total. The van der Waals surface area contributed by atoms with Gasteiger partial charge in [-0.25, -0.2) is 9.98 Å². The number of benzene rings is 6. The minimum absolute atomic E-state index is 0.451. The van der Waals surface area contributed by atoms with Crippen LogP contribution in [0.1, 0.15) is 22.9 Å². The monoisotopic (exact) mass is 567 g/mol. The summed E-state index contributed by atoms with van der Waals surface area (Å²) in [7, 11) is 0. The topological polar surface area (TPSA) is 63.0 Å². The van der Waals surface area contributed by atoms with Crippen LogP contribution in [0.15, 0.2) is 158 Å². The van der Waals surface area contributed by atoms with Crippen molar-refractivity contribution in [1.29, 1.82) is 0 Å². The van der Waals surface area contributed by atoms with Crippen LogP contribution in [0, 0.1) is 0 Å². The lowest BCUT2D eigenvalue weighted by Gasteiger charge is -2.22. The lowest BCUT2D eigenvalue weighted by Crippen LogP contribution is -2.36. The Kier molecular flexibility index (Phi) is 5.50. The zero-order chi connectivity index (χ0) is 29.0. The number of fused-ring (bicyclic) bond motifs is 6. The van der Waals surface area contributed by atoms with E-state index in [9.17, 15) is 0 Å². The largest absolute Gasteiger partial charge is 0.456 e. The molecule has 44 heavy (non-hydrogen) atoms. The Morgan fingerprint density at radius 2 is 1.14 bits per heavy atom. The van der Waals surface area contributed by atoms with Gasteiger partial charge in [0.25, 0.3) is 0 Å². The number of nitrogens with zero attached hydrogens (tertiary/aromatic N) is 2. The van der Waals surface area contributed by atoms with Crippen molar-refractivity contribution in [3.63, 3.8) is 0 Å². The van der Waals surface area contributed by atoms with Gasteiger partial charge in [-0.3, -0.25) is 0 Å². The second-order valence-electron chi connectivity index (χ2n) is 11.0. The molecule has 3 heterocycles. The van der Waals surface area contributed by atoms with E-state index in [1.165, 1.54) is 0 Å². The molecule has 6 aromatic carbocycles. The average Bonchev–Trinajstić information content (AvgIpc) is 3.67. The fourth-order valence-electron chi connectivity index (χ4n) is 6.27. The molecule has 0 radical (unpaired) electrons. The second-order valence-corrected chi connectivity index (χ2v) is 11.0. The van der Waals surface area contributed by atoms with Gasteiger partial charge in [0.1, 0.15) is 34.0 Å². The molecule has 5 nitrogen and oxygen atoms in total. The van der Waals surface area contributed by atoms with Crippen LogP contribution in [0.25, 0.3) is 55.0 Å². The van der Waals surface area contributed by atoms with Crippen molar-refractivity contribution in [1.82, 2.24) is 5.32 Å². The fourth-order valence-corrected chi connectivity index (χ4v) is 6.27. The maximum atomic E-state index is 6.55. The normalized spacial score (nSPS) is 15.0. The summed E-state index contributed by atoms with van der Waals surface area (Å²) in [5.41, 5.74) is 8.54. The molecule has 208 valence electrons. The Balaban J connectivity index is 1.24. The van der Waals surface area contributed by atoms with Gasteiger partial charge in [-0.15, -0.1) is 0 Å². The summed E-state index contributed by atoms with van der Waals surface area (Å²) in [5.74, 6) is 1.52. The highest BCUT2D eigenvalue weighted by Crippen LogP contribution is 2.38. The lowest BCUT2D eigenvalue weighted by atomic mass is 10.00. The van der Waals surface area contributed by atoms with Crippen LogP contribution in [-0.4, -0.2) is 11.7 Å². The summed E-state index contributed by atoms with van der Waals surface area (Å²) in [6, 6.07) is 47.4. The highest BCUT2D eigenvalue weighted by molar-refractivity contribution is 6.24. The summed E-state index contributed by atoms with van der Waals surface area (Å²) >= 11 is 0. The van der Waals surface area contributed by atoms with Crippen LogP contribution in [0.2, 0.25) is 0 Å². The molecule has 0 saturated heterocycles. The van der Waals surface area contributed by atoms with Crippen LogP contribution < -0.4 is 5.32 Å². The zero-order valence-corrected chi connectivity index (χ0v) is 23.6. The smallest absolute Gasteiger partial charge is 0.169 e. The number of amidine groups is 2. The Labute approximate surface area is 252 Å². The molecule has 0 bridgehead atoms. The molecule has 1 aliphatic rings. The minimum atomic E-state index is -0.451. The van der Waals surface area contributed by atoms with Crippen LogP contribution in [0.5, 0.6) is 0 Å². The van der Waals surface area contributed by atoms with Crippen molar-refractivity contribution in [2.75, 3.05) is 0 Å². The van der Waals surface area contributed by atoms with E-state index in [0.717, 1.165) is 83.4 Å². The number of hydrogen-bond donors (Lipinski definition) is 1. The first kappa shape index (κ1) is 24.6. The Morgan fingerprint density at radius 3 is 2.00 bits per heavy atom. The van der Waals surface area contributed by atoms with Crippen LogP contribution in [-0.2, 0) is 0 Å². The fraction of sp³-hybridized carbons (Fsp3) is 0.0256. The average molecular weight is 568 g/mol. The summed E-state index contributed by atoms with van der Waals surface area (Å²) in [6.45, 7) is 0. The standard InChI is InChI=1S/C39H25N3O2/c1-3-11-24(12-4-1)27-16-9-17-29-35-30(18-10-20-34(35)44-36(27)29)39-41-37(25-13-5-2-6-14-25)40-38(42-39)26-21-22-33-31(23-26)28-15-7-8-19-32(28)43-33/h1-23,38H,(H,40,41,42). The van der Waals surface area contributed by atoms with E-state index in [1.807, 2.05) is 60.7 Å². The van der Waals surface area contributed by atoms with Crippen LogP contribution >= 0.6 is 0 Å². The Bertz CT molecular complexity index is 2420. The quantitative estimate of drug-likeness (QED) is 0.230. The van der Waals surface area contributed by atoms with Gasteiger partial charge < -0.3 is 14.2 Å². The predicted octanol–water partition coefficient (Wildman–Crippen LogP) is 9.65. The van der Waals surface area contributed by atoms with E-state index in [2.05, 4.69) is 84.2 Å². The number of nitrogens with one attached hydrogen (secondary N) is 1. The highest BCUT2D eigenvalue weighted by atomic mass is 16.3. The van der Waals surface area contributed by atoms with Gasteiger partial charge in [-0.1, -0.05) is 115 Å². The molecule has 9 rings (SSSR count). The second kappa shape index (κ2) is 9.82. The van der Waals surface area contributed by atoms with Gasteiger partial charge in [0.2, 0.25) is 0 Å². The van der Waals surface area contributed by atoms with Crippen molar-refractivity contribution in [3.05, 3.63) is 156 Å². The molecule has 0 fully saturated rings. The van der Waals surface area contributed by atoms with Gasteiger partial charge in [-0.2, -0.15) is 0 Å². The summed E-state index contributed by atoms with van der Waals surface area (Å²) < 4.78 is 12.7. The molecule has 0 saturated carbocycles. The highest BCUT2D eigenvalue weighted by Gasteiger charge is 2.24. The number of aliphatic imine (C=N–C) groups is 2. The first-order chi connectivity index (χ1) is 21.8. The maximum absolute atomic E-state index is 6.55. The maximum Gasteiger partial charge on any atom is 0.169 e. The number of para-hydroxylation sites is 2. The van der Waals surface area contributed by atoms with Crippen molar-refractivity contribution in [3.8, 4) is 11.1 Å².